The number of esters is 1. The number of imidazole rings is 1. The number of nitrogens with zero attached hydrogens (tertiary/aromatic N) is 5. The number of halogens is 2. The van der Waals surface area contributed by atoms with Crippen LogP contribution < -0.4 is 11.2 Å². The van der Waals surface area contributed by atoms with Crippen molar-refractivity contribution >= 4 is 17.1 Å². The van der Waals surface area contributed by atoms with Crippen LogP contribution in [0.25, 0.3) is 16.9 Å². The van der Waals surface area contributed by atoms with Crippen molar-refractivity contribution < 1.29 is 22.7 Å². The lowest BCUT2D eigenvalue weighted by molar-refractivity contribution is 0.0594. The number of benzene rings is 1. The predicted octanol–water partition coefficient (Wildman–Crippen LogP) is 2.03. The first-order valence-corrected chi connectivity index (χ1v) is 9.43. The Kier molecular flexibility index (Phi) is 5.20. The van der Waals surface area contributed by atoms with Crippen LogP contribution in [0.4, 0.5) is 8.78 Å². The van der Waals surface area contributed by atoms with Crippen molar-refractivity contribution in [3.8, 4) is 5.69 Å². The van der Waals surface area contributed by atoms with E-state index < -0.39 is 34.9 Å². The highest BCUT2D eigenvalue weighted by Gasteiger charge is 2.22. The average Bonchev–Trinajstić information content (AvgIpc) is 3.38. The number of aromatic nitrogens is 5. The molecule has 0 bridgehead atoms. The van der Waals surface area contributed by atoms with Crippen LogP contribution in [0.1, 0.15) is 36.3 Å². The second-order valence-electron chi connectivity index (χ2n) is 7.15. The van der Waals surface area contributed by atoms with Crippen molar-refractivity contribution in [1.29, 1.82) is 0 Å². The first-order chi connectivity index (χ1) is 15.2. The Labute approximate surface area is 178 Å². The van der Waals surface area contributed by atoms with Crippen molar-refractivity contribution in [3.63, 3.8) is 0 Å². The molecule has 0 aliphatic rings. The van der Waals surface area contributed by atoms with Crippen molar-refractivity contribution in [2.45, 2.75) is 26.4 Å². The number of hydrogen-bond donors (Lipinski definition) is 0. The SMILES string of the molecule is COC(=O)c1coc(Cn2cnc3c2c(=O)n(C(C)C)c(=O)n3-c2ccc(F)c(F)c2)n1. The lowest BCUT2D eigenvalue weighted by Gasteiger charge is -2.14. The Balaban J connectivity index is 1.94. The van der Waals surface area contributed by atoms with Gasteiger partial charge in [-0.2, -0.15) is 0 Å². The average molecular weight is 445 g/mol. The molecule has 10 nitrogen and oxygen atoms in total. The molecule has 32 heavy (non-hydrogen) atoms. The molecule has 0 radical (unpaired) electrons. The van der Waals surface area contributed by atoms with Gasteiger partial charge in [0.05, 0.1) is 19.1 Å². The Hall–Kier alpha value is -4.09. The molecule has 3 aromatic heterocycles. The second-order valence-corrected chi connectivity index (χ2v) is 7.15. The van der Waals surface area contributed by atoms with Crippen LogP contribution in [0.5, 0.6) is 0 Å². The fourth-order valence-electron chi connectivity index (χ4n) is 3.31. The quantitative estimate of drug-likeness (QED) is 0.432. The zero-order chi connectivity index (χ0) is 23.2. The van der Waals surface area contributed by atoms with Gasteiger partial charge < -0.3 is 13.7 Å². The van der Waals surface area contributed by atoms with Gasteiger partial charge in [0.2, 0.25) is 5.89 Å². The van der Waals surface area contributed by atoms with E-state index in [2.05, 4.69) is 14.7 Å². The largest absolute Gasteiger partial charge is 0.464 e. The third kappa shape index (κ3) is 3.39. The van der Waals surface area contributed by atoms with E-state index in [0.29, 0.717) is 0 Å². The highest BCUT2D eigenvalue weighted by Crippen LogP contribution is 2.18. The molecule has 0 fully saturated rings. The molecule has 166 valence electrons. The van der Waals surface area contributed by atoms with Crippen LogP contribution in [0, 0.1) is 11.6 Å². The van der Waals surface area contributed by atoms with Gasteiger partial charge in [0.15, 0.2) is 28.5 Å². The minimum absolute atomic E-state index is 0.00245. The molecular weight excluding hydrogens is 428 g/mol. The number of rotatable bonds is 5. The standard InChI is InChI=1S/C20H17F2N5O5/c1-10(2)26-18(28)16-17(27(20(26)30)11-4-5-12(21)13(22)6-11)23-9-25(16)7-15-24-14(8-32-15)19(29)31-3/h4-6,8-10H,7H2,1-3H3. The molecular formula is C20H17F2N5O5. The molecule has 0 spiro atoms. The number of methoxy groups -OCH3 is 1. The van der Waals surface area contributed by atoms with E-state index in [1.165, 1.54) is 24.1 Å². The molecule has 4 aromatic rings. The number of ether oxygens (including phenoxy) is 1. The van der Waals surface area contributed by atoms with Gasteiger partial charge in [-0.25, -0.2) is 32.9 Å². The summed E-state index contributed by atoms with van der Waals surface area (Å²) in [6, 6.07) is 2.41. The Morgan fingerprint density at radius 3 is 2.62 bits per heavy atom. The molecule has 12 heteroatoms. The van der Waals surface area contributed by atoms with Crippen LogP contribution >= 0.6 is 0 Å². The van der Waals surface area contributed by atoms with E-state index >= 15 is 0 Å². The zero-order valence-corrected chi connectivity index (χ0v) is 17.2. The van der Waals surface area contributed by atoms with E-state index in [1.807, 2.05) is 0 Å². The van der Waals surface area contributed by atoms with Crippen molar-refractivity contribution in [2.24, 2.45) is 0 Å². The molecule has 1 aromatic carbocycles. The highest BCUT2D eigenvalue weighted by atomic mass is 19.2. The van der Waals surface area contributed by atoms with Crippen LogP contribution in [0.3, 0.4) is 0 Å². The summed E-state index contributed by atoms with van der Waals surface area (Å²) in [7, 11) is 1.20. The van der Waals surface area contributed by atoms with E-state index in [-0.39, 0.29) is 35.0 Å². The number of carbonyl (C=O) groups excluding carboxylic acids is 1. The Morgan fingerprint density at radius 2 is 1.97 bits per heavy atom. The molecule has 0 saturated heterocycles. The summed E-state index contributed by atoms with van der Waals surface area (Å²) in [4.78, 5) is 46.0. The lowest BCUT2D eigenvalue weighted by atomic mass is 10.3. The molecule has 0 atom stereocenters. The first-order valence-electron chi connectivity index (χ1n) is 9.43. The fraction of sp³-hybridized carbons (Fsp3) is 0.250. The van der Waals surface area contributed by atoms with Crippen molar-refractivity contribution in [3.05, 3.63) is 74.8 Å². The summed E-state index contributed by atoms with van der Waals surface area (Å²) >= 11 is 0. The molecule has 0 aliphatic carbocycles. The maximum Gasteiger partial charge on any atom is 0.360 e. The van der Waals surface area contributed by atoms with Gasteiger partial charge in [-0.05, 0) is 26.0 Å². The van der Waals surface area contributed by atoms with Crippen molar-refractivity contribution in [2.75, 3.05) is 7.11 Å². The molecule has 3 heterocycles. The molecule has 4 rings (SSSR count). The zero-order valence-electron chi connectivity index (χ0n) is 17.2. The summed E-state index contributed by atoms with van der Waals surface area (Å²) < 4.78 is 40.6. The molecule has 0 N–H and O–H groups in total. The highest BCUT2D eigenvalue weighted by molar-refractivity contribution is 5.86. The first kappa shape index (κ1) is 21.2. The number of fused-ring (bicyclic) bond motifs is 1. The minimum Gasteiger partial charge on any atom is -0.464 e. The lowest BCUT2D eigenvalue weighted by Crippen LogP contribution is -2.41. The smallest absolute Gasteiger partial charge is 0.360 e. The molecule has 0 saturated carbocycles. The Morgan fingerprint density at radius 1 is 1.22 bits per heavy atom. The summed E-state index contributed by atoms with van der Waals surface area (Å²) in [6.45, 7) is 3.19. The molecule has 0 unspecified atom stereocenters. The van der Waals surface area contributed by atoms with Gasteiger partial charge >= 0.3 is 11.7 Å². The van der Waals surface area contributed by atoms with Gasteiger partial charge in [-0.15, -0.1) is 0 Å². The maximum absolute atomic E-state index is 13.9. The Bertz CT molecular complexity index is 1460. The van der Waals surface area contributed by atoms with Crippen molar-refractivity contribution in [1.82, 2.24) is 23.7 Å². The van der Waals surface area contributed by atoms with Crippen LogP contribution in [0.2, 0.25) is 0 Å². The van der Waals surface area contributed by atoms with Gasteiger partial charge in [-0.3, -0.25) is 9.36 Å². The third-order valence-corrected chi connectivity index (χ3v) is 4.78. The number of carbonyl (C=O) groups is 1. The predicted molar refractivity (Wildman–Crippen MR) is 107 cm³/mol. The minimum atomic E-state index is -1.15. The van der Waals surface area contributed by atoms with Crippen LogP contribution in [-0.4, -0.2) is 36.7 Å². The van der Waals surface area contributed by atoms with Crippen LogP contribution in [-0.2, 0) is 11.3 Å². The van der Waals surface area contributed by atoms with E-state index in [1.54, 1.807) is 13.8 Å². The monoisotopic (exact) mass is 445 g/mol. The van der Waals surface area contributed by atoms with Crippen LogP contribution in [0.15, 0.2) is 44.8 Å². The van der Waals surface area contributed by atoms with Gasteiger partial charge in [-0.1, -0.05) is 0 Å². The second kappa shape index (κ2) is 7.87. The van der Waals surface area contributed by atoms with Gasteiger partial charge in [0.25, 0.3) is 5.56 Å². The normalized spacial score (nSPS) is 11.4. The number of hydrogen-bond acceptors (Lipinski definition) is 7. The van der Waals surface area contributed by atoms with E-state index in [9.17, 15) is 23.2 Å². The summed E-state index contributed by atoms with van der Waals surface area (Å²) in [5.74, 6) is -2.83. The fourth-order valence-corrected chi connectivity index (χ4v) is 3.31. The number of oxazole rings is 1. The van der Waals surface area contributed by atoms with E-state index in [4.69, 9.17) is 4.42 Å². The summed E-state index contributed by atoms with van der Waals surface area (Å²) in [5.41, 5.74) is -1.47. The third-order valence-electron chi connectivity index (χ3n) is 4.78. The summed E-state index contributed by atoms with van der Waals surface area (Å²) in [6.07, 6.45) is 2.40. The van der Waals surface area contributed by atoms with Gasteiger partial charge in [0.1, 0.15) is 12.8 Å². The molecule has 0 aliphatic heterocycles. The topological polar surface area (TPSA) is 114 Å². The molecule has 0 amide bonds. The van der Waals surface area contributed by atoms with Gasteiger partial charge in [0, 0.05) is 12.1 Å². The maximum atomic E-state index is 13.9. The van der Waals surface area contributed by atoms with E-state index in [0.717, 1.165) is 27.5 Å². The summed E-state index contributed by atoms with van der Waals surface area (Å²) in [5, 5.41) is 0.